The molecule has 1 aliphatic heterocycles. The van der Waals surface area contributed by atoms with Crippen LogP contribution in [0.25, 0.3) is 11.5 Å². The zero-order chi connectivity index (χ0) is 17.2. The lowest BCUT2D eigenvalue weighted by Gasteiger charge is -2.30. The van der Waals surface area contributed by atoms with E-state index in [-0.39, 0.29) is 0 Å². The molecule has 1 saturated heterocycles. The first-order chi connectivity index (χ1) is 12.2. The zero-order valence-electron chi connectivity index (χ0n) is 14.9. The number of hydrogen-bond acceptors (Lipinski definition) is 4. The third-order valence-electron chi connectivity index (χ3n) is 5.21. The number of hydrogen-bond donors (Lipinski definition) is 0. The maximum Gasteiger partial charge on any atom is 0.230 e. The highest BCUT2D eigenvalue weighted by atomic mass is 16.5. The summed E-state index contributed by atoms with van der Waals surface area (Å²) in [6.45, 7) is 5.35. The van der Waals surface area contributed by atoms with E-state index in [1.54, 1.807) is 0 Å². The number of aromatic nitrogens is 3. The molecular formula is C20H24N4O. The van der Waals surface area contributed by atoms with Crippen LogP contribution < -0.4 is 0 Å². The number of likely N-dealkylation sites (tertiary alicyclic amines) is 1. The van der Waals surface area contributed by atoms with Gasteiger partial charge in [0.05, 0.1) is 5.69 Å². The summed E-state index contributed by atoms with van der Waals surface area (Å²) in [6, 6.07) is 12.6. The maximum absolute atomic E-state index is 5.56. The molecule has 5 heteroatoms. The van der Waals surface area contributed by atoms with E-state index in [1.165, 1.54) is 11.1 Å². The highest BCUT2D eigenvalue weighted by molar-refractivity contribution is 5.49. The maximum atomic E-state index is 5.56. The van der Waals surface area contributed by atoms with Gasteiger partial charge in [0.2, 0.25) is 11.7 Å². The number of benzene rings is 1. The molecule has 4 rings (SSSR count). The predicted octanol–water partition coefficient (Wildman–Crippen LogP) is 3.76. The monoisotopic (exact) mass is 336 g/mol. The van der Waals surface area contributed by atoms with Gasteiger partial charge < -0.3 is 9.09 Å². The van der Waals surface area contributed by atoms with Crippen molar-refractivity contribution >= 4 is 0 Å². The van der Waals surface area contributed by atoms with E-state index >= 15 is 0 Å². The first kappa shape index (κ1) is 16.1. The summed E-state index contributed by atoms with van der Waals surface area (Å²) < 4.78 is 7.58. The molecule has 0 saturated carbocycles. The summed E-state index contributed by atoms with van der Waals surface area (Å²) in [5.41, 5.74) is 3.78. The van der Waals surface area contributed by atoms with Crippen LogP contribution >= 0.6 is 0 Å². The molecule has 0 atom stereocenters. The molecule has 1 aliphatic rings. The van der Waals surface area contributed by atoms with Gasteiger partial charge in [-0.15, -0.1) is 0 Å². The Labute approximate surface area is 148 Å². The highest BCUT2D eigenvalue weighted by Gasteiger charge is 2.26. The molecule has 0 unspecified atom stereocenters. The highest BCUT2D eigenvalue weighted by Crippen LogP contribution is 2.29. The first-order valence-corrected chi connectivity index (χ1v) is 8.93. The van der Waals surface area contributed by atoms with E-state index in [9.17, 15) is 0 Å². The van der Waals surface area contributed by atoms with Gasteiger partial charge in [-0.3, -0.25) is 4.90 Å². The van der Waals surface area contributed by atoms with Crippen molar-refractivity contribution in [2.24, 2.45) is 7.05 Å². The van der Waals surface area contributed by atoms with E-state index in [2.05, 4.69) is 46.2 Å². The van der Waals surface area contributed by atoms with Crippen LogP contribution in [0.4, 0.5) is 0 Å². The first-order valence-electron chi connectivity index (χ1n) is 8.93. The quantitative estimate of drug-likeness (QED) is 0.728. The fourth-order valence-electron chi connectivity index (χ4n) is 3.56. The molecule has 5 nitrogen and oxygen atoms in total. The van der Waals surface area contributed by atoms with Crippen LogP contribution in [-0.2, 0) is 13.6 Å². The average molecular weight is 336 g/mol. The Kier molecular flexibility index (Phi) is 4.40. The second kappa shape index (κ2) is 6.84. The molecule has 0 radical (unpaired) electrons. The Hall–Kier alpha value is -2.40. The summed E-state index contributed by atoms with van der Waals surface area (Å²) in [4.78, 5) is 7.16. The van der Waals surface area contributed by atoms with Gasteiger partial charge in [0.15, 0.2) is 0 Å². The summed E-state index contributed by atoms with van der Waals surface area (Å²) in [5.74, 6) is 1.84. The molecule has 0 spiro atoms. The normalized spacial score (nSPS) is 16.4. The Balaban J connectivity index is 1.38. The average Bonchev–Trinajstić information content (AvgIpc) is 3.26. The van der Waals surface area contributed by atoms with Crippen LogP contribution in [0.1, 0.15) is 35.8 Å². The van der Waals surface area contributed by atoms with Gasteiger partial charge in [-0.1, -0.05) is 29.4 Å². The van der Waals surface area contributed by atoms with Crippen molar-refractivity contribution in [2.75, 3.05) is 13.1 Å². The topological polar surface area (TPSA) is 47.1 Å². The van der Waals surface area contributed by atoms with Gasteiger partial charge >= 0.3 is 0 Å². The van der Waals surface area contributed by atoms with Gasteiger partial charge in [0.1, 0.15) is 0 Å². The fourth-order valence-corrected chi connectivity index (χ4v) is 3.56. The van der Waals surface area contributed by atoms with E-state index in [0.29, 0.717) is 11.7 Å². The lowest BCUT2D eigenvalue weighted by Crippen LogP contribution is -2.32. The van der Waals surface area contributed by atoms with Crippen LogP contribution in [-0.4, -0.2) is 32.7 Å². The van der Waals surface area contributed by atoms with Crippen LogP contribution in [0.2, 0.25) is 0 Å². The second-order valence-electron chi connectivity index (χ2n) is 6.94. The fraction of sp³-hybridized carbons (Fsp3) is 0.400. The van der Waals surface area contributed by atoms with E-state index < -0.39 is 0 Å². The lowest BCUT2D eigenvalue weighted by molar-refractivity contribution is 0.187. The van der Waals surface area contributed by atoms with Gasteiger partial charge in [-0.05, 0) is 56.1 Å². The molecule has 2 aromatic heterocycles. The standard InChI is InChI=1S/C20H24N4O/c1-15-6-3-4-7-17(15)14-24-12-9-16(10-13-24)20-21-19(22-25-20)18-8-5-11-23(18)2/h3-8,11,16H,9-10,12-14H2,1-2H3. The summed E-state index contributed by atoms with van der Waals surface area (Å²) in [6.07, 6.45) is 4.14. The molecule has 130 valence electrons. The Bertz CT molecular complexity index is 843. The predicted molar refractivity (Wildman–Crippen MR) is 97.1 cm³/mol. The Morgan fingerprint density at radius 2 is 1.92 bits per heavy atom. The SMILES string of the molecule is Cc1ccccc1CN1CCC(c2nc(-c3cccn3C)no2)CC1. The number of nitrogens with zero attached hydrogens (tertiary/aromatic N) is 4. The van der Waals surface area contributed by atoms with Crippen LogP contribution in [0, 0.1) is 6.92 Å². The smallest absolute Gasteiger partial charge is 0.230 e. The summed E-state index contributed by atoms with van der Waals surface area (Å²) in [7, 11) is 2.00. The van der Waals surface area contributed by atoms with E-state index in [4.69, 9.17) is 4.52 Å². The van der Waals surface area contributed by atoms with Gasteiger partial charge in [0, 0.05) is 25.7 Å². The molecule has 25 heavy (non-hydrogen) atoms. The number of rotatable bonds is 4. The Morgan fingerprint density at radius 3 is 2.64 bits per heavy atom. The van der Waals surface area contributed by atoms with Gasteiger partial charge in [-0.2, -0.15) is 4.98 Å². The van der Waals surface area contributed by atoms with Gasteiger partial charge in [0.25, 0.3) is 0 Å². The molecule has 0 amide bonds. The molecule has 0 N–H and O–H groups in total. The van der Waals surface area contributed by atoms with Crippen molar-refractivity contribution in [1.29, 1.82) is 0 Å². The molecule has 0 aliphatic carbocycles. The van der Waals surface area contributed by atoms with E-state index in [1.807, 2.05) is 29.9 Å². The van der Waals surface area contributed by atoms with Gasteiger partial charge in [-0.25, -0.2) is 0 Å². The molecule has 3 aromatic rings. The lowest BCUT2D eigenvalue weighted by atomic mass is 9.96. The third kappa shape index (κ3) is 3.37. The van der Waals surface area contributed by atoms with Crippen LogP contribution in [0.15, 0.2) is 47.1 Å². The van der Waals surface area contributed by atoms with Crippen LogP contribution in [0.5, 0.6) is 0 Å². The Morgan fingerprint density at radius 1 is 1.12 bits per heavy atom. The molecule has 1 aromatic carbocycles. The minimum Gasteiger partial charge on any atom is -0.348 e. The summed E-state index contributed by atoms with van der Waals surface area (Å²) in [5, 5.41) is 4.17. The van der Waals surface area contributed by atoms with Crippen molar-refractivity contribution in [3.8, 4) is 11.5 Å². The van der Waals surface area contributed by atoms with Crippen molar-refractivity contribution in [1.82, 2.24) is 19.6 Å². The zero-order valence-corrected chi connectivity index (χ0v) is 14.9. The van der Waals surface area contributed by atoms with Crippen molar-refractivity contribution < 1.29 is 4.52 Å². The second-order valence-corrected chi connectivity index (χ2v) is 6.94. The van der Waals surface area contributed by atoms with Crippen LogP contribution in [0.3, 0.4) is 0 Å². The van der Waals surface area contributed by atoms with Crippen molar-refractivity contribution in [3.63, 3.8) is 0 Å². The summed E-state index contributed by atoms with van der Waals surface area (Å²) >= 11 is 0. The molecule has 1 fully saturated rings. The molecule has 0 bridgehead atoms. The molecule has 3 heterocycles. The largest absolute Gasteiger partial charge is 0.348 e. The molecular weight excluding hydrogens is 312 g/mol. The minimum atomic E-state index is 0.370. The van der Waals surface area contributed by atoms with Crippen molar-refractivity contribution in [3.05, 3.63) is 59.6 Å². The number of piperidine rings is 1. The minimum absolute atomic E-state index is 0.370. The third-order valence-corrected chi connectivity index (χ3v) is 5.21. The number of aryl methyl sites for hydroxylation is 2. The van der Waals surface area contributed by atoms with Crippen molar-refractivity contribution in [2.45, 2.75) is 32.2 Å². The van der Waals surface area contributed by atoms with E-state index in [0.717, 1.165) is 44.1 Å².